The number of hydrogen-bond donors (Lipinski definition) is 3. The van der Waals surface area contributed by atoms with Gasteiger partial charge in [0.05, 0.1) is 11.3 Å². The lowest BCUT2D eigenvalue weighted by Crippen LogP contribution is -2.39. The lowest BCUT2D eigenvalue weighted by Gasteiger charge is -2.29. The van der Waals surface area contributed by atoms with E-state index in [1.165, 1.54) is 0 Å². The molecular formula is C26H26N6O2. The van der Waals surface area contributed by atoms with Crippen LogP contribution < -0.4 is 5.32 Å². The first-order valence-electron chi connectivity index (χ1n) is 11.2. The molecule has 1 amide bonds. The SMILES string of the molecule is CC(C)(C)OC(=O)N1CC=C(c2cc3c(Nc4ccc5[nH]ccc5c4)c(C#N)cnc3[nH]2)CC1. The molecule has 4 aromatic rings. The number of hydrogen-bond acceptors (Lipinski definition) is 5. The summed E-state index contributed by atoms with van der Waals surface area (Å²) in [7, 11) is 0. The number of pyridine rings is 1. The Kier molecular flexibility index (Phi) is 5.25. The second-order valence-corrected chi connectivity index (χ2v) is 9.41. The first-order chi connectivity index (χ1) is 16.3. The van der Waals surface area contributed by atoms with Crippen molar-refractivity contribution in [3.63, 3.8) is 0 Å². The third-order valence-electron chi connectivity index (χ3n) is 5.81. The molecule has 3 aromatic heterocycles. The summed E-state index contributed by atoms with van der Waals surface area (Å²) in [5.41, 5.74) is 5.37. The highest BCUT2D eigenvalue weighted by Crippen LogP contribution is 2.33. The van der Waals surface area contributed by atoms with Gasteiger partial charge in [-0.05, 0) is 63.1 Å². The highest BCUT2D eigenvalue weighted by molar-refractivity contribution is 5.97. The summed E-state index contributed by atoms with van der Waals surface area (Å²) in [5.74, 6) is 0. The zero-order valence-electron chi connectivity index (χ0n) is 19.4. The summed E-state index contributed by atoms with van der Waals surface area (Å²) >= 11 is 0. The number of carbonyl (C=O) groups is 1. The molecule has 5 rings (SSSR count). The number of aromatic amines is 2. The molecule has 4 heterocycles. The van der Waals surface area contributed by atoms with Gasteiger partial charge in [-0.25, -0.2) is 9.78 Å². The van der Waals surface area contributed by atoms with Gasteiger partial charge in [-0.15, -0.1) is 0 Å². The standard InChI is InChI=1S/C26H26N6O2/c1-26(2,3)34-25(33)32-10-7-16(8-11-32)22-13-20-23(18(14-27)15-29-24(20)31-22)30-19-4-5-21-17(12-19)6-9-28-21/h4-7,9,12-13,15,28H,8,10-11H2,1-3H3,(H2,29,30,31). The number of fused-ring (bicyclic) bond motifs is 2. The van der Waals surface area contributed by atoms with Crippen LogP contribution in [0.5, 0.6) is 0 Å². The molecule has 0 spiro atoms. The number of carbonyl (C=O) groups excluding carboxylic acids is 1. The van der Waals surface area contributed by atoms with Crippen molar-refractivity contribution in [2.45, 2.75) is 32.8 Å². The molecule has 0 atom stereocenters. The lowest BCUT2D eigenvalue weighted by molar-refractivity contribution is 0.0270. The van der Waals surface area contributed by atoms with E-state index in [1.54, 1.807) is 11.1 Å². The number of aromatic nitrogens is 3. The van der Waals surface area contributed by atoms with Crippen LogP contribution in [0.25, 0.3) is 27.5 Å². The van der Waals surface area contributed by atoms with E-state index in [2.05, 4.69) is 26.3 Å². The van der Waals surface area contributed by atoms with Crippen molar-refractivity contribution in [2.75, 3.05) is 18.4 Å². The van der Waals surface area contributed by atoms with E-state index in [1.807, 2.05) is 63.4 Å². The average molecular weight is 455 g/mol. The van der Waals surface area contributed by atoms with Gasteiger partial charge in [-0.2, -0.15) is 5.26 Å². The van der Waals surface area contributed by atoms with E-state index in [-0.39, 0.29) is 6.09 Å². The Morgan fingerprint density at radius 3 is 2.85 bits per heavy atom. The third-order valence-corrected chi connectivity index (χ3v) is 5.81. The predicted molar refractivity (Wildman–Crippen MR) is 133 cm³/mol. The Labute approximate surface area is 197 Å². The van der Waals surface area contributed by atoms with Crippen LogP contribution in [0.2, 0.25) is 0 Å². The molecule has 0 saturated heterocycles. The van der Waals surface area contributed by atoms with Crippen molar-refractivity contribution in [3.05, 3.63) is 60.1 Å². The maximum atomic E-state index is 12.4. The summed E-state index contributed by atoms with van der Waals surface area (Å²) in [6.07, 6.45) is 5.92. The maximum Gasteiger partial charge on any atom is 0.410 e. The zero-order valence-corrected chi connectivity index (χ0v) is 19.4. The minimum atomic E-state index is -0.516. The summed E-state index contributed by atoms with van der Waals surface area (Å²) < 4.78 is 5.48. The van der Waals surface area contributed by atoms with Gasteiger partial charge in [-0.1, -0.05) is 6.08 Å². The molecule has 0 aliphatic carbocycles. The van der Waals surface area contributed by atoms with Crippen LogP contribution >= 0.6 is 0 Å². The van der Waals surface area contributed by atoms with Gasteiger partial charge in [-0.3, -0.25) is 0 Å². The van der Waals surface area contributed by atoms with Gasteiger partial charge in [0.1, 0.15) is 17.3 Å². The molecule has 1 aliphatic rings. The fourth-order valence-electron chi connectivity index (χ4n) is 4.15. The topological polar surface area (TPSA) is 110 Å². The smallest absolute Gasteiger partial charge is 0.410 e. The van der Waals surface area contributed by atoms with Crippen LogP contribution in [0.1, 0.15) is 38.4 Å². The van der Waals surface area contributed by atoms with E-state index in [0.717, 1.165) is 38.9 Å². The van der Waals surface area contributed by atoms with Gasteiger partial charge >= 0.3 is 6.09 Å². The van der Waals surface area contributed by atoms with Gasteiger partial charge in [0.2, 0.25) is 0 Å². The third kappa shape index (κ3) is 4.20. The largest absolute Gasteiger partial charge is 0.444 e. The molecule has 0 unspecified atom stereocenters. The Morgan fingerprint density at radius 1 is 1.26 bits per heavy atom. The fraction of sp³-hybridized carbons (Fsp3) is 0.269. The number of benzene rings is 1. The molecule has 3 N–H and O–H groups in total. The van der Waals surface area contributed by atoms with Crippen LogP contribution in [-0.4, -0.2) is 44.6 Å². The second kappa shape index (κ2) is 8.27. The predicted octanol–water partition coefficient (Wildman–Crippen LogP) is 5.68. The molecule has 0 bridgehead atoms. The van der Waals surface area contributed by atoms with Crippen LogP contribution in [0.15, 0.2) is 48.8 Å². The van der Waals surface area contributed by atoms with E-state index < -0.39 is 5.60 Å². The molecule has 8 heteroatoms. The Morgan fingerprint density at radius 2 is 2.12 bits per heavy atom. The molecule has 34 heavy (non-hydrogen) atoms. The first kappa shape index (κ1) is 21.6. The monoisotopic (exact) mass is 454 g/mol. The second-order valence-electron chi connectivity index (χ2n) is 9.41. The molecule has 1 aliphatic heterocycles. The lowest BCUT2D eigenvalue weighted by atomic mass is 10.0. The van der Waals surface area contributed by atoms with Crippen molar-refractivity contribution in [1.82, 2.24) is 19.9 Å². The molecule has 172 valence electrons. The molecule has 8 nitrogen and oxygen atoms in total. The number of nitrogens with one attached hydrogen (secondary N) is 3. The van der Waals surface area contributed by atoms with Gasteiger partial charge < -0.3 is 24.9 Å². The molecule has 0 fully saturated rings. The van der Waals surface area contributed by atoms with Crippen LogP contribution in [0, 0.1) is 11.3 Å². The highest BCUT2D eigenvalue weighted by Gasteiger charge is 2.24. The minimum Gasteiger partial charge on any atom is -0.444 e. The Balaban J connectivity index is 1.43. The average Bonchev–Trinajstić information content (AvgIpc) is 3.45. The number of nitriles is 1. The van der Waals surface area contributed by atoms with Crippen molar-refractivity contribution >= 4 is 45.0 Å². The van der Waals surface area contributed by atoms with Crippen molar-refractivity contribution in [2.24, 2.45) is 0 Å². The quantitative estimate of drug-likeness (QED) is 0.369. The molecular weight excluding hydrogens is 428 g/mol. The Bertz CT molecular complexity index is 1460. The number of anilines is 2. The summed E-state index contributed by atoms with van der Waals surface area (Å²) in [4.78, 5) is 25.1. The number of ether oxygens (including phenoxy) is 1. The fourth-order valence-corrected chi connectivity index (χ4v) is 4.15. The van der Waals surface area contributed by atoms with E-state index in [9.17, 15) is 10.1 Å². The van der Waals surface area contributed by atoms with Gasteiger partial charge in [0.25, 0.3) is 0 Å². The highest BCUT2D eigenvalue weighted by atomic mass is 16.6. The molecule has 0 radical (unpaired) electrons. The molecule has 1 aromatic carbocycles. The zero-order chi connectivity index (χ0) is 23.9. The van der Waals surface area contributed by atoms with Gasteiger partial charge in [0, 0.05) is 53.2 Å². The van der Waals surface area contributed by atoms with Gasteiger partial charge in [0.15, 0.2) is 0 Å². The van der Waals surface area contributed by atoms with Crippen molar-refractivity contribution in [1.29, 1.82) is 5.26 Å². The van der Waals surface area contributed by atoms with Crippen LogP contribution in [0.3, 0.4) is 0 Å². The van der Waals surface area contributed by atoms with E-state index >= 15 is 0 Å². The number of amides is 1. The van der Waals surface area contributed by atoms with Crippen molar-refractivity contribution < 1.29 is 9.53 Å². The van der Waals surface area contributed by atoms with Crippen LogP contribution in [0.4, 0.5) is 16.2 Å². The normalized spacial score (nSPS) is 14.2. The van der Waals surface area contributed by atoms with E-state index in [0.29, 0.717) is 30.7 Å². The minimum absolute atomic E-state index is 0.300. The maximum absolute atomic E-state index is 12.4. The summed E-state index contributed by atoms with van der Waals surface area (Å²) in [5, 5.41) is 15.1. The Hall–Kier alpha value is -4.25. The number of rotatable bonds is 3. The summed E-state index contributed by atoms with van der Waals surface area (Å²) in [6.45, 7) is 6.66. The van der Waals surface area contributed by atoms with Crippen LogP contribution in [-0.2, 0) is 4.74 Å². The molecule has 0 saturated carbocycles. The van der Waals surface area contributed by atoms with Crippen molar-refractivity contribution in [3.8, 4) is 6.07 Å². The summed E-state index contributed by atoms with van der Waals surface area (Å²) in [6, 6.07) is 12.3. The van der Waals surface area contributed by atoms with E-state index in [4.69, 9.17) is 4.74 Å². The number of nitrogens with zero attached hydrogens (tertiary/aromatic N) is 3. The first-order valence-corrected chi connectivity index (χ1v) is 11.2. The number of H-pyrrole nitrogens is 2.